The van der Waals surface area contributed by atoms with Crippen LogP contribution in [-0.2, 0) is 9.53 Å². The summed E-state index contributed by atoms with van der Waals surface area (Å²) >= 11 is 1.31. The SMILES string of the molecule is COC(=O)C1=C(C)N=c2s/c(=C\c3c(C)nn(-c4ccccc4)c3C)c(=O)n2[C@H]1c1ccccc1. The number of thiazole rings is 1. The molecule has 1 aliphatic rings. The second-order valence-electron chi connectivity index (χ2n) is 8.32. The maximum Gasteiger partial charge on any atom is 0.338 e. The van der Waals surface area contributed by atoms with Crippen LogP contribution in [0.5, 0.6) is 0 Å². The number of fused-ring (bicyclic) bond motifs is 1. The number of hydrogen-bond donors (Lipinski definition) is 0. The molecule has 5 rings (SSSR count). The average molecular weight is 485 g/mol. The molecule has 7 nitrogen and oxygen atoms in total. The van der Waals surface area contributed by atoms with E-state index in [9.17, 15) is 9.59 Å². The van der Waals surface area contributed by atoms with Crippen molar-refractivity contribution in [3.05, 3.63) is 114 Å². The number of methoxy groups -OCH3 is 1. The number of benzene rings is 2. The lowest BCUT2D eigenvalue weighted by Gasteiger charge is -2.24. The fraction of sp³-hybridized carbons (Fsp3) is 0.185. The summed E-state index contributed by atoms with van der Waals surface area (Å²) in [5, 5.41) is 4.70. The van der Waals surface area contributed by atoms with Crippen molar-refractivity contribution in [3.63, 3.8) is 0 Å². The number of para-hydroxylation sites is 1. The summed E-state index contributed by atoms with van der Waals surface area (Å²) in [6.07, 6.45) is 1.88. The zero-order chi connectivity index (χ0) is 24.7. The van der Waals surface area contributed by atoms with E-state index in [1.165, 1.54) is 18.4 Å². The van der Waals surface area contributed by atoms with Gasteiger partial charge in [-0.25, -0.2) is 14.5 Å². The van der Waals surface area contributed by atoms with Gasteiger partial charge in [0.2, 0.25) is 0 Å². The van der Waals surface area contributed by atoms with Crippen LogP contribution < -0.4 is 14.9 Å². The van der Waals surface area contributed by atoms with E-state index in [1.54, 1.807) is 11.5 Å². The molecule has 0 spiro atoms. The first kappa shape index (κ1) is 22.7. The van der Waals surface area contributed by atoms with Crippen LogP contribution in [0.15, 0.2) is 81.7 Å². The molecule has 1 atom stereocenters. The molecule has 3 heterocycles. The van der Waals surface area contributed by atoms with E-state index in [4.69, 9.17) is 9.84 Å². The van der Waals surface area contributed by atoms with Crippen LogP contribution >= 0.6 is 11.3 Å². The van der Waals surface area contributed by atoms with Gasteiger partial charge in [0.1, 0.15) is 0 Å². The number of rotatable bonds is 4. The van der Waals surface area contributed by atoms with Crippen molar-refractivity contribution >= 4 is 23.4 Å². The number of hydrogen-bond acceptors (Lipinski definition) is 6. The Balaban J connectivity index is 1.72. The minimum Gasteiger partial charge on any atom is -0.466 e. The lowest BCUT2D eigenvalue weighted by Crippen LogP contribution is -2.39. The van der Waals surface area contributed by atoms with Crippen molar-refractivity contribution in [2.75, 3.05) is 7.11 Å². The van der Waals surface area contributed by atoms with Crippen LogP contribution in [0.3, 0.4) is 0 Å². The molecule has 2 aromatic heterocycles. The number of carbonyl (C=O) groups is 1. The Morgan fingerprint density at radius 2 is 1.69 bits per heavy atom. The monoisotopic (exact) mass is 484 g/mol. The van der Waals surface area contributed by atoms with Crippen molar-refractivity contribution in [2.24, 2.45) is 4.99 Å². The van der Waals surface area contributed by atoms with Gasteiger partial charge in [0, 0.05) is 11.3 Å². The fourth-order valence-corrected chi connectivity index (χ4v) is 5.49. The molecule has 1 aliphatic heterocycles. The number of carbonyl (C=O) groups excluding carboxylic acids is 1. The summed E-state index contributed by atoms with van der Waals surface area (Å²) < 4.78 is 9.06. The molecule has 0 unspecified atom stereocenters. The predicted octanol–water partition coefficient (Wildman–Crippen LogP) is 3.21. The van der Waals surface area contributed by atoms with Gasteiger partial charge in [0.25, 0.3) is 5.56 Å². The highest BCUT2D eigenvalue weighted by Crippen LogP contribution is 2.30. The number of ether oxygens (including phenoxy) is 1. The van der Waals surface area contributed by atoms with Gasteiger partial charge in [0.15, 0.2) is 4.80 Å². The lowest BCUT2D eigenvalue weighted by molar-refractivity contribution is -0.136. The smallest absolute Gasteiger partial charge is 0.338 e. The minimum absolute atomic E-state index is 0.206. The van der Waals surface area contributed by atoms with E-state index in [0.29, 0.717) is 20.6 Å². The molecule has 8 heteroatoms. The molecule has 0 aliphatic carbocycles. The third-order valence-electron chi connectivity index (χ3n) is 6.17. The Labute approximate surface area is 206 Å². The topological polar surface area (TPSA) is 78.5 Å². The Morgan fingerprint density at radius 1 is 1.03 bits per heavy atom. The molecule has 35 heavy (non-hydrogen) atoms. The Bertz CT molecular complexity index is 1640. The zero-order valence-corrected chi connectivity index (χ0v) is 20.7. The van der Waals surface area contributed by atoms with Crippen LogP contribution in [0, 0.1) is 13.8 Å². The van der Waals surface area contributed by atoms with Crippen LogP contribution in [0.1, 0.15) is 35.5 Å². The van der Waals surface area contributed by atoms with Crippen molar-refractivity contribution in [2.45, 2.75) is 26.8 Å². The zero-order valence-electron chi connectivity index (χ0n) is 19.9. The van der Waals surface area contributed by atoms with Gasteiger partial charge >= 0.3 is 5.97 Å². The van der Waals surface area contributed by atoms with E-state index in [2.05, 4.69) is 4.99 Å². The Morgan fingerprint density at radius 3 is 2.34 bits per heavy atom. The number of aromatic nitrogens is 3. The van der Waals surface area contributed by atoms with Gasteiger partial charge in [-0.15, -0.1) is 0 Å². The molecular formula is C27H24N4O3S. The van der Waals surface area contributed by atoms with Crippen LogP contribution in [0.25, 0.3) is 11.8 Å². The van der Waals surface area contributed by atoms with Gasteiger partial charge in [-0.1, -0.05) is 59.9 Å². The third kappa shape index (κ3) is 3.85. The number of nitrogens with zero attached hydrogens (tertiary/aromatic N) is 4. The largest absolute Gasteiger partial charge is 0.466 e. The molecule has 0 N–H and O–H groups in total. The average Bonchev–Trinajstić information content (AvgIpc) is 3.34. The van der Waals surface area contributed by atoms with Gasteiger partial charge in [-0.05, 0) is 44.5 Å². The Hall–Kier alpha value is -4.04. The van der Waals surface area contributed by atoms with Crippen molar-refractivity contribution in [3.8, 4) is 5.69 Å². The fourth-order valence-electron chi connectivity index (χ4n) is 4.46. The van der Waals surface area contributed by atoms with E-state index in [0.717, 1.165) is 28.2 Å². The highest BCUT2D eigenvalue weighted by Gasteiger charge is 2.33. The first-order chi connectivity index (χ1) is 16.9. The minimum atomic E-state index is -0.615. The maximum atomic E-state index is 13.7. The third-order valence-corrected chi connectivity index (χ3v) is 7.15. The first-order valence-corrected chi connectivity index (χ1v) is 12.0. The molecular weight excluding hydrogens is 460 g/mol. The molecule has 0 bridgehead atoms. The van der Waals surface area contributed by atoms with Crippen LogP contribution in [0.4, 0.5) is 0 Å². The summed E-state index contributed by atoms with van der Waals surface area (Å²) in [7, 11) is 1.34. The van der Waals surface area contributed by atoms with E-state index < -0.39 is 12.0 Å². The van der Waals surface area contributed by atoms with Crippen LogP contribution in [0.2, 0.25) is 0 Å². The first-order valence-electron chi connectivity index (χ1n) is 11.2. The van der Waals surface area contributed by atoms with Crippen molar-refractivity contribution in [1.82, 2.24) is 14.3 Å². The number of esters is 1. The molecule has 0 amide bonds. The van der Waals surface area contributed by atoms with Gasteiger partial charge in [0.05, 0.1) is 40.3 Å². The maximum absolute atomic E-state index is 13.7. The summed E-state index contributed by atoms with van der Waals surface area (Å²) in [6, 6.07) is 18.8. The molecule has 0 saturated heterocycles. The lowest BCUT2D eigenvalue weighted by atomic mass is 9.96. The van der Waals surface area contributed by atoms with E-state index in [-0.39, 0.29) is 5.56 Å². The summed E-state index contributed by atoms with van der Waals surface area (Å²) in [5.74, 6) is -0.495. The summed E-state index contributed by atoms with van der Waals surface area (Å²) in [6.45, 7) is 5.70. The van der Waals surface area contributed by atoms with Crippen LogP contribution in [-0.4, -0.2) is 27.4 Å². The number of aryl methyl sites for hydroxylation is 1. The second-order valence-corrected chi connectivity index (χ2v) is 9.33. The molecule has 4 aromatic rings. The standard InChI is InChI=1S/C27H24N4O3S/c1-16-21(18(3)31(29-16)20-13-9-6-10-14-20)15-22-25(32)30-24(19-11-7-5-8-12-19)23(26(33)34-4)17(2)28-27(30)35-22/h5-15,24H,1-4H3/b22-15-/t24-/m0/s1. The molecule has 0 radical (unpaired) electrons. The molecule has 2 aromatic carbocycles. The summed E-state index contributed by atoms with van der Waals surface area (Å²) in [5.41, 5.74) is 5.12. The quantitative estimate of drug-likeness (QED) is 0.417. The number of allylic oxidation sites excluding steroid dienone is 1. The molecule has 176 valence electrons. The second kappa shape index (κ2) is 8.96. The van der Waals surface area contributed by atoms with Gasteiger partial charge in [-0.3, -0.25) is 9.36 Å². The van der Waals surface area contributed by atoms with Crippen molar-refractivity contribution in [1.29, 1.82) is 0 Å². The van der Waals surface area contributed by atoms with Crippen molar-refractivity contribution < 1.29 is 9.53 Å². The Kier molecular flexibility index (Phi) is 5.82. The van der Waals surface area contributed by atoms with Gasteiger partial charge < -0.3 is 4.74 Å². The predicted molar refractivity (Wildman–Crippen MR) is 135 cm³/mol. The molecule has 0 saturated carbocycles. The highest BCUT2D eigenvalue weighted by molar-refractivity contribution is 7.07. The van der Waals surface area contributed by atoms with Gasteiger partial charge in [-0.2, -0.15) is 5.10 Å². The highest BCUT2D eigenvalue weighted by atomic mass is 32.1. The van der Waals surface area contributed by atoms with E-state index in [1.807, 2.05) is 85.3 Å². The molecule has 0 fully saturated rings. The summed E-state index contributed by atoms with van der Waals surface area (Å²) in [4.78, 5) is 31.6. The van der Waals surface area contributed by atoms with E-state index >= 15 is 0 Å². The normalized spacial score (nSPS) is 15.7.